The highest BCUT2D eigenvalue weighted by Crippen LogP contribution is 2.30. The SMILES string of the molecule is Cc1cc(S(=O)(=O)C(F)(F)F)ccc1F. The Morgan fingerprint density at radius 1 is 1.20 bits per heavy atom. The van der Waals surface area contributed by atoms with Crippen molar-refractivity contribution < 1.29 is 26.0 Å². The fourth-order valence-electron chi connectivity index (χ4n) is 0.918. The summed E-state index contributed by atoms with van der Waals surface area (Å²) in [6.45, 7) is 1.19. The monoisotopic (exact) mass is 242 g/mol. The summed E-state index contributed by atoms with van der Waals surface area (Å²) < 4.78 is 70.7. The maximum atomic E-state index is 12.7. The maximum Gasteiger partial charge on any atom is 0.501 e. The van der Waals surface area contributed by atoms with Crippen LogP contribution in [0.25, 0.3) is 0 Å². The van der Waals surface area contributed by atoms with Gasteiger partial charge in [0, 0.05) is 0 Å². The third kappa shape index (κ3) is 2.11. The molecule has 0 saturated carbocycles. The van der Waals surface area contributed by atoms with Crippen LogP contribution in [-0.4, -0.2) is 13.9 Å². The molecule has 2 nitrogen and oxygen atoms in total. The van der Waals surface area contributed by atoms with Crippen LogP contribution in [0.2, 0.25) is 0 Å². The van der Waals surface area contributed by atoms with E-state index in [0.29, 0.717) is 18.2 Å². The van der Waals surface area contributed by atoms with Crippen LogP contribution in [-0.2, 0) is 9.84 Å². The van der Waals surface area contributed by atoms with E-state index in [2.05, 4.69) is 0 Å². The molecule has 0 heterocycles. The second kappa shape index (κ2) is 3.48. The average molecular weight is 242 g/mol. The zero-order chi connectivity index (χ0) is 11.9. The minimum absolute atomic E-state index is 0.152. The van der Waals surface area contributed by atoms with Crippen LogP contribution in [0.5, 0.6) is 0 Å². The quantitative estimate of drug-likeness (QED) is 0.560. The summed E-state index contributed by atoms with van der Waals surface area (Å²) in [5, 5.41) is 0. The molecule has 0 aliphatic heterocycles. The van der Waals surface area contributed by atoms with Gasteiger partial charge in [0.25, 0.3) is 9.84 Å². The van der Waals surface area contributed by atoms with Crippen molar-refractivity contribution in [1.29, 1.82) is 0 Å². The zero-order valence-electron chi connectivity index (χ0n) is 7.47. The van der Waals surface area contributed by atoms with Crippen LogP contribution in [0.4, 0.5) is 17.6 Å². The van der Waals surface area contributed by atoms with Gasteiger partial charge in [0.1, 0.15) is 5.82 Å². The van der Waals surface area contributed by atoms with Gasteiger partial charge in [0.15, 0.2) is 0 Å². The minimum Gasteiger partial charge on any atom is -0.214 e. The van der Waals surface area contributed by atoms with Gasteiger partial charge in [-0.1, -0.05) is 0 Å². The molecule has 0 atom stereocenters. The second-order valence-corrected chi connectivity index (χ2v) is 4.80. The lowest BCUT2D eigenvalue weighted by molar-refractivity contribution is -0.0436. The van der Waals surface area contributed by atoms with Gasteiger partial charge in [-0.3, -0.25) is 0 Å². The van der Waals surface area contributed by atoms with E-state index in [0.717, 1.165) is 0 Å². The third-order valence-corrected chi connectivity index (χ3v) is 3.23. The predicted molar refractivity (Wildman–Crippen MR) is 44.4 cm³/mol. The van der Waals surface area contributed by atoms with E-state index in [4.69, 9.17) is 0 Å². The van der Waals surface area contributed by atoms with Crippen LogP contribution < -0.4 is 0 Å². The molecular weight excluding hydrogens is 236 g/mol. The van der Waals surface area contributed by atoms with E-state index in [-0.39, 0.29) is 5.56 Å². The Morgan fingerprint density at radius 3 is 2.13 bits per heavy atom. The van der Waals surface area contributed by atoms with Crippen LogP contribution in [0.15, 0.2) is 23.1 Å². The Morgan fingerprint density at radius 2 is 1.73 bits per heavy atom. The first-order valence-electron chi connectivity index (χ1n) is 3.74. The molecule has 15 heavy (non-hydrogen) atoms. The summed E-state index contributed by atoms with van der Waals surface area (Å²) in [4.78, 5) is -0.950. The number of hydrogen-bond donors (Lipinski definition) is 0. The highest BCUT2D eigenvalue weighted by atomic mass is 32.2. The lowest BCUT2D eigenvalue weighted by atomic mass is 10.2. The molecule has 0 aliphatic carbocycles. The van der Waals surface area contributed by atoms with E-state index in [9.17, 15) is 26.0 Å². The van der Waals surface area contributed by atoms with Gasteiger partial charge < -0.3 is 0 Å². The number of hydrogen-bond acceptors (Lipinski definition) is 2. The number of alkyl halides is 3. The van der Waals surface area contributed by atoms with Crippen LogP contribution in [0.3, 0.4) is 0 Å². The van der Waals surface area contributed by atoms with Crippen molar-refractivity contribution in [1.82, 2.24) is 0 Å². The molecule has 0 fully saturated rings. The van der Waals surface area contributed by atoms with E-state index in [1.165, 1.54) is 6.92 Å². The van der Waals surface area contributed by atoms with Crippen molar-refractivity contribution in [2.75, 3.05) is 0 Å². The van der Waals surface area contributed by atoms with E-state index >= 15 is 0 Å². The van der Waals surface area contributed by atoms with Gasteiger partial charge in [0.05, 0.1) is 4.90 Å². The Labute approximate surface area is 83.4 Å². The second-order valence-electron chi connectivity index (χ2n) is 2.86. The van der Waals surface area contributed by atoms with E-state index in [1.807, 2.05) is 0 Å². The summed E-state index contributed by atoms with van der Waals surface area (Å²) in [5.74, 6) is -0.754. The lowest BCUT2D eigenvalue weighted by Gasteiger charge is -2.08. The molecule has 0 aromatic heterocycles. The topological polar surface area (TPSA) is 34.1 Å². The summed E-state index contributed by atoms with van der Waals surface area (Å²) in [7, 11) is -5.38. The molecule has 0 N–H and O–H groups in total. The molecular formula is C8H6F4O2S. The third-order valence-electron chi connectivity index (χ3n) is 1.74. The van der Waals surface area contributed by atoms with Gasteiger partial charge in [-0.25, -0.2) is 12.8 Å². The molecule has 7 heteroatoms. The smallest absolute Gasteiger partial charge is 0.214 e. The van der Waals surface area contributed by atoms with E-state index in [1.54, 1.807) is 0 Å². The summed E-state index contributed by atoms with van der Waals surface area (Å²) >= 11 is 0. The largest absolute Gasteiger partial charge is 0.501 e. The molecule has 0 aliphatic rings. The first kappa shape index (κ1) is 12.0. The fraction of sp³-hybridized carbons (Fsp3) is 0.250. The molecule has 0 radical (unpaired) electrons. The van der Waals surface area contributed by atoms with Crippen molar-refractivity contribution in [3.05, 3.63) is 29.6 Å². The molecule has 84 valence electrons. The highest BCUT2D eigenvalue weighted by molar-refractivity contribution is 7.92. The van der Waals surface area contributed by atoms with Gasteiger partial charge in [-0.2, -0.15) is 13.2 Å². The molecule has 0 saturated heterocycles. The molecule has 1 aromatic carbocycles. The highest BCUT2D eigenvalue weighted by Gasteiger charge is 2.46. The maximum absolute atomic E-state index is 12.7. The number of halogens is 4. The normalized spacial score (nSPS) is 12.9. The Hall–Kier alpha value is -1.11. The zero-order valence-corrected chi connectivity index (χ0v) is 8.29. The molecule has 0 bridgehead atoms. The van der Waals surface area contributed by atoms with Crippen molar-refractivity contribution in [2.45, 2.75) is 17.3 Å². The Balaban J connectivity index is 3.36. The lowest BCUT2D eigenvalue weighted by Crippen LogP contribution is -2.23. The number of benzene rings is 1. The Bertz CT molecular complexity index is 476. The molecule has 0 amide bonds. The summed E-state index contributed by atoms with van der Waals surface area (Å²) in [6, 6.07) is 1.93. The van der Waals surface area contributed by atoms with Gasteiger partial charge in [-0.15, -0.1) is 0 Å². The van der Waals surface area contributed by atoms with Crippen LogP contribution in [0, 0.1) is 12.7 Å². The van der Waals surface area contributed by atoms with Crippen molar-refractivity contribution in [2.24, 2.45) is 0 Å². The van der Waals surface area contributed by atoms with Crippen molar-refractivity contribution in [3.8, 4) is 0 Å². The van der Waals surface area contributed by atoms with Crippen LogP contribution in [0.1, 0.15) is 5.56 Å². The fourth-order valence-corrected chi connectivity index (χ4v) is 1.76. The van der Waals surface area contributed by atoms with Crippen LogP contribution >= 0.6 is 0 Å². The number of aryl methyl sites for hydroxylation is 1. The molecule has 1 rings (SSSR count). The molecule has 1 aromatic rings. The van der Waals surface area contributed by atoms with Crippen molar-refractivity contribution in [3.63, 3.8) is 0 Å². The van der Waals surface area contributed by atoms with E-state index < -0.39 is 26.1 Å². The average Bonchev–Trinajstić information content (AvgIpc) is 2.07. The summed E-state index contributed by atoms with van der Waals surface area (Å²) in [5.41, 5.74) is -5.52. The first-order valence-corrected chi connectivity index (χ1v) is 5.22. The predicted octanol–water partition coefficient (Wildman–Crippen LogP) is 2.43. The number of rotatable bonds is 1. The van der Waals surface area contributed by atoms with Gasteiger partial charge >= 0.3 is 5.51 Å². The molecule has 0 unspecified atom stereocenters. The minimum atomic E-state index is -5.38. The van der Waals surface area contributed by atoms with Gasteiger partial charge in [-0.05, 0) is 30.7 Å². The Kier molecular flexibility index (Phi) is 2.77. The standard InChI is InChI=1S/C8H6F4O2S/c1-5-4-6(2-3-7(5)9)15(13,14)8(10,11)12/h2-4H,1H3. The molecule has 0 spiro atoms. The summed E-state index contributed by atoms with van der Waals surface area (Å²) in [6.07, 6.45) is 0. The first-order chi connectivity index (χ1) is 6.66. The van der Waals surface area contributed by atoms with Gasteiger partial charge in [0.2, 0.25) is 0 Å². The number of sulfone groups is 1. The van der Waals surface area contributed by atoms with Crippen molar-refractivity contribution >= 4 is 9.84 Å².